The van der Waals surface area contributed by atoms with Crippen molar-refractivity contribution in [3.8, 4) is 0 Å². The zero-order chi connectivity index (χ0) is 11.2. The van der Waals surface area contributed by atoms with Gasteiger partial charge in [-0.05, 0) is 18.1 Å². The topological polar surface area (TPSA) is 20.3 Å². The summed E-state index contributed by atoms with van der Waals surface area (Å²) in [5.74, 6) is 0.0909. The maximum absolute atomic E-state index is 11.8. The number of carbonyl (C=O) groups is 1. The predicted molar refractivity (Wildman–Crippen MR) is 65.8 cm³/mol. The van der Waals surface area contributed by atoms with Crippen LogP contribution in [0.2, 0.25) is 0 Å². The maximum atomic E-state index is 11.8. The minimum atomic E-state index is 0.0909. The zero-order valence-corrected chi connectivity index (χ0v) is 9.17. The molecule has 0 bridgehead atoms. The van der Waals surface area contributed by atoms with Gasteiger partial charge in [0.1, 0.15) is 0 Å². The van der Waals surface area contributed by atoms with Crippen molar-refractivity contribution in [1.29, 1.82) is 0 Å². The summed E-state index contributed by atoms with van der Waals surface area (Å²) in [6, 6.07) is 9.87. The summed E-state index contributed by atoms with van der Waals surface area (Å²) in [4.78, 5) is 13.6. The highest BCUT2D eigenvalue weighted by molar-refractivity contribution is 5.91. The quantitative estimate of drug-likeness (QED) is 0.546. The molecule has 1 amide bonds. The number of amides is 1. The Labute approximate surface area is 95.9 Å². The summed E-state index contributed by atoms with van der Waals surface area (Å²) in [7, 11) is 0. The predicted octanol–water partition coefficient (Wildman–Crippen LogP) is 2.49. The van der Waals surface area contributed by atoms with E-state index in [-0.39, 0.29) is 5.91 Å². The van der Waals surface area contributed by atoms with E-state index in [0.717, 1.165) is 25.1 Å². The first-order valence-corrected chi connectivity index (χ1v) is 5.53. The summed E-state index contributed by atoms with van der Waals surface area (Å²) in [6.07, 6.45) is 8.63. The zero-order valence-electron chi connectivity index (χ0n) is 9.17. The van der Waals surface area contributed by atoms with Crippen LogP contribution in [0.5, 0.6) is 0 Å². The van der Waals surface area contributed by atoms with Gasteiger partial charge in [0, 0.05) is 19.2 Å². The van der Waals surface area contributed by atoms with Gasteiger partial charge in [0.15, 0.2) is 0 Å². The van der Waals surface area contributed by atoms with Crippen molar-refractivity contribution >= 4 is 12.0 Å². The largest absolute Gasteiger partial charge is 0.335 e. The highest BCUT2D eigenvalue weighted by Crippen LogP contribution is 2.05. The molecule has 82 valence electrons. The van der Waals surface area contributed by atoms with E-state index in [1.54, 1.807) is 6.08 Å². The van der Waals surface area contributed by atoms with Crippen molar-refractivity contribution in [1.82, 2.24) is 4.90 Å². The standard InChI is InChI=1S/C14H15NO/c16-14(15-11-5-2-6-12-15)10-9-13-7-3-1-4-8-13/h1-5,7-10H,6,11-12H2. The molecule has 1 aromatic carbocycles. The molecule has 1 aliphatic heterocycles. The second-order valence-corrected chi connectivity index (χ2v) is 3.79. The first-order chi connectivity index (χ1) is 7.86. The Kier molecular flexibility index (Phi) is 3.54. The molecule has 2 heteroatoms. The van der Waals surface area contributed by atoms with Gasteiger partial charge in [0.2, 0.25) is 5.91 Å². The van der Waals surface area contributed by atoms with E-state index < -0.39 is 0 Å². The van der Waals surface area contributed by atoms with Crippen molar-refractivity contribution in [2.45, 2.75) is 6.42 Å². The summed E-state index contributed by atoms with van der Waals surface area (Å²) in [5.41, 5.74) is 1.06. The Balaban J connectivity index is 1.97. The number of benzene rings is 1. The van der Waals surface area contributed by atoms with Crippen LogP contribution >= 0.6 is 0 Å². The summed E-state index contributed by atoms with van der Waals surface area (Å²) in [6.45, 7) is 1.56. The highest BCUT2D eigenvalue weighted by Gasteiger charge is 2.09. The second-order valence-electron chi connectivity index (χ2n) is 3.79. The van der Waals surface area contributed by atoms with Gasteiger partial charge in [-0.25, -0.2) is 0 Å². The monoisotopic (exact) mass is 213 g/mol. The van der Waals surface area contributed by atoms with Crippen molar-refractivity contribution in [3.05, 3.63) is 54.1 Å². The van der Waals surface area contributed by atoms with Crippen LogP contribution in [0.15, 0.2) is 48.6 Å². The molecule has 2 nitrogen and oxygen atoms in total. The Morgan fingerprint density at radius 3 is 2.69 bits per heavy atom. The van der Waals surface area contributed by atoms with Gasteiger partial charge in [-0.15, -0.1) is 0 Å². The fourth-order valence-electron chi connectivity index (χ4n) is 1.68. The molecule has 1 aromatic rings. The number of carbonyl (C=O) groups excluding carboxylic acids is 1. The van der Waals surface area contributed by atoms with E-state index in [9.17, 15) is 4.79 Å². The van der Waals surface area contributed by atoms with Gasteiger partial charge >= 0.3 is 0 Å². The van der Waals surface area contributed by atoms with E-state index in [4.69, 9.17) is 0 Å². The molecule has 0 spiro atoms. The summed E-state index contributed by atoms with van der Waals surface area (Å²) >= 11 is 0. The average Bonchev–Trinajstić information content (AvgIpc) is 2.38. The van der Waals surface area contributed by atoms with E-state index in [1.165, 1.54) is 0 Å². The van der Waals surface area contributed by atoms with E-state index in [1.807, 2.05) is 47.4 Å². The third-order valence-electron chi connectivity index (χ3n) is 2.59. The minimum Gasteiger partial charge on any atom is -0.335 e. The van der Waals surface area contributed by atoms with Crippen LogP contribution in [0.4, 0.5) is 0 Å². The maximum Gasteiger partial charge on any atom is 0.246 e. The lowest BCUT2D eigenvalue weighted by Gasteiger charge is -2.21. The number of nitrogens with zero attached hydrogens (tertiary/aromatic N) is 1. The Bertz CT molecular complexity index is 406. The molecular formula is C14H15NO. The molecule has 0 aliphatic carbocycles. The molecule has 2 rings (SSSR count). The van der Waals surface area contributed by atoms with Crippen LogP contribution in [-0.2, 0) is 4.79 Å². The lowest BCUT2D eigenvalue weighted by atomic mass is 10.2. The minimum absolute atomic E-state index is 0.0909. The third-order valence-corrected chi connectivity index (χ3v) is 2.59. The van der Waals surface area contributed by atoms with Crippen molar-refractivity contribution < 1.29 is 4.79 Å². The summed E-state index contributed by atoms with van der Waals surface area (Å²) in [5, 5.41) is 0. The average molecular weight is 213 g/mol. The number of hydrogen-bond acceptors (Lipinski definition) is 1. The van der Waals surface area contributed by atoms with Crippen LogP contribution in [0.1, 0.15) is 12.0 Å². The van der Waals surface area contributed by atoms with Crippen LogP contribution in [0, 0.1) is 0 Å². The van der Waals surface area contributed by atoms with Gasteiger partial charge in [0.05, 0.1) is 0 Å². The first kappa shape index (κ1) is 10.7. The SMILES string of the molecule is O=C(C=Cc1ccccc1)N1CC=CCC1. The van der Waals surface area contributed by atoms with Gasteiger partial charge < -0.3 is 4.90 Å². The molecule has 0 N–H and O–H groups in total. The number of rotatable bonds is 2. The van der Waals surface area contributed by atoms with Gasteiger partial charge in [-0.2, -0.15) is 0 Å². The molecule has 0 fully saturated rings. The second kappa shape index (κ2) is 5.31. The molecule has 0 aromatic heterocycles. The normalized spacial score (nSPS) is 15.6. The van der Waals surface area contributed by atoms with Crippen LogP contribution in [0.3, 0.4) is 0 Å². The Hall–Kier alpha value is -1.83. The Morgan fingerprint density at radius 2 is 2.00 bits per heavy atom. The summed E-state index contributed by atoms with van der Waals surface area (Å²) < 4.78 is 0. The van der Waals surface area contributed by atoms with Crippen LogP contribution in [-0.4, -0.2) is 23.9 Å². The van der Waals surface area contributed by atoms with Crippen molar-refractivity contribution in [2.75, 3.05) is 13.1 Å². The molecule has 0 saturated heterocycles. The first-order valence-electron chi connectivity index (χ1n) is 5.53. The van der Waals surface area contributed by atoms with E-state index in [2.05, 4.69) is 6.08 Å². The molecule has 1 heterocycles. The third kappa shape index (κ3) is 2.83. The molecule has 16 heavy (non-hydrogen) atoms. The lowest BCUT2D eigenvalue weighted by molar-refractivity contribution is -0.125. The molecule has 0 radical (unpaired) electrons. The highest BCUT2D eigenvalue weighted by atomic mass is 16.2. The molecular weight excluding hydrogens is 198 g/mol. The lowest BCUT2D eigenvalue weighted by Crippen LogP contribution is -2.32. The van der Waals surface area contributed by atoms with Crippen LogP contribution < -0.4 is 0 Å². The van der Waals surface area contributed by atoms with Crippen molar-refractivity contribution in [2.24, 2.45) is 0 Å². The molecule has 0 unspecified atom stereocenters. The fourth-order valence-corrected chi connectivity index (χ4v) is 1.68. The Morgan fingerprint density at radius 1 is 1.19 bits per heavy atom. The molecule has 0 atom stereocenters. The van der Waals surface area contributed by atoms with Crippen LogP contribution in [0.25, 0.3) is 6.08 Å². The van der Waals surface area contributed by atoms with Gasteiger partial charge in [0.25, 0.3) is 0 Å². The van der Waals surface area contributed by atoms with E-state index >= 15 is 0 Å². The van der Waals surface area contributed by atoms with Gasteiger partial charge in [-0.1, -0.05) is 42.5 Å². The fraction of sp³-hybridized carbons (Fsp3) is 0.214. The number of hydrogen-bond donors (Lipinski definition) is 0. The van der Waals surface area contributed by atoms with Crippen molar-refractivity contribution in [3.63, 3.8) is 0 Å². The molecule has 0 saturated carbocycles. The van der Waals surface area contributed by atoms with E-state index in [0.29, 0.717) is 0 Å². The molecule has 1 aliphatic rings. The smallest absolute Gasteiger partial charge is 0.246 e. The van der Waals surface area contributed by atoms with Gasteiger partial charge in [-0.3, -0.25) is 4.79 Å².